The first-order chi connectivity index (χ1) is 14.9. The van der Waals surface area contributed by atoms with Crippen LogP contribution in [0.25, 0.3) is 0 Å². The molecule has 0 fully saturated rings. The molecule has 0 spiro atoms. The Kier molecular flexibility index (Phi) is 6.08. The van der Waals surface area contributed by atoms with Crippen molar-refractivity contribution in [3.05, 3.63) is 70.2 Å². The lowest BCUT2D eigenvalue weighted by Crippen LogP contribution is -2.35. The van der Waals surface area contributed by atoms with E-state index >= 15 is 0 Å². The molecule has 0 unspecified atom stereocenters. The van der Waals surface area contributed by atoms with Crippen molar-refractivity contribution in [1.82, 2.24) is 9.29 Å². The van der Waals surface area contributed by atoms with E-state index in [0.717, 1.165) is 33.8 Å². The smallest absolute Gasteiger partial charge is 0.307 e. The highest BCUT2D eigenvalue weighted by atomic mass is 32.2. The second-order valence-electron chi connectivity index (χ2n) is 7.38. The van der Waals surface area contributed by atoms with Gasteiger partial charge >= 0.3 is 6.03 Å². The van der Waals surface area contributed by atoms with Gasteiger partial charge in [-0.3, -0.25) is 5.32 Å². The summed E-state index contributed by atoms with van der Waals surface area (Å²) in [6.45, 7) is 4.57. The summed E-state index contributed by atoms with van der Waals surface area (Å²) in [4.78, 5) is 18.1. The van der Waals surface area contributed by atoms with Crippen LogP contribution in [0.2, 0.25) is 0 Å². The van der Waals surface area contributed by atoms with Gasteiger partial charge in [-0.2, -0.15) is 4.31 Å². The van der Waals surface area contributed by atoms with E-state index in [2.05, 4.69) is 15.6 Å². The lowest BCUT2D eigenvalue weighted by atomic mass is 10.1. The van der Waals surface area contributed by atoms with Crippen molar-refractivity contribution in [2.45, 2.75) is 38.1 Å². The number of fused-ring (bicyclic) bond motifs is 1. The van der Waals surface area contributed by atoms with Crippen molar-refractivity contribution >= 4 is 38.2 Å². The summed E-state index contributed by atoms with van der Waals surface area (Å²) in [5, 5.41) is 6.10. The Bertz CT molecular complexity index is 1200. The molecule has 1 aliphatic rings. The monoisotopic (exact) mass is 456 g/mol. The van der Waals surface area contributed by atoms with Crippen LogP contribution in [0, 0.1) is 6.92 Å². The fourth-order valence-electron chi connectivity index (χ4n) is 3.49. The van der Waals surface area contributed by atoms with Gasteiger partial charge in [0.05, 0.1) is 17.1 Å². The number of amides is 2. The van der Waals surface area contributed by atoms with E-state index in [1.165, 1.54) is 15.6 Å². The van der Waals surface area contributed by atoms with Crippen molar-refractivity contribution in [2.24, 2.45) is 0 Å². The molecular formula is C22H24N4O3S2. The number of hydrogen-bond acceptors (Lipinski definition) is 5. The number of aryl methyl sites for hydroxylation is 2. The Morgan fingerprint density at radius 1 is 1.13 bits per heavy atom. The Morgan fingerprint density at radius 3 is 2.61 bits per heavy atom. The van der Waals surface area contributed by atoms with Crippen LogP contribution >= 0.6 is 11.3 Å². The normalized spacial score (nSPS) is 14.1. The fraction of sp³-hybridized carbons (Fsp3) is 0.273. The van der Waals surface area contributed by atoms with E-state index in [-0.39, 0.29) is 12.6 Å². The number of aromatic nitrogens is 1. The zero-order chi connectivity index (χ0) is 22.0. The first-order valence-corrected chi connectivity index (χ1v) is 12.3. The zero-order valence-electron chi connectivity index (χ0n) is 17.4. The van der Waals surface area contributed by atoms with Crippen LogP contribution in [0.3, 0.4) is 0 Å². The number of carbonyl (C=O) groups excluding carboxylic acids is 1. The maximum Gasteiger partial charge on any atom is 0.325 e. The first-order valence-electron chi connectivity index (χ1n) is 10.1. The predicted octanol–water partition coefficient (Wildman–Crippen LogP) is 4.40. The molecule has 1 aromatic heterocycles. The van der Waals surface area contributed by atoms with Crippen molar-refractivity contribution in [2.75, 3.05) is 17.2 Å². The number of nitrogens with zero attached hydrogens (tertiary/aromatic N) is 2. The average molecular weight is 457 g/mol. The number of benzene rings is 2. The lowest BCUT2D eigenvalue weighted by molar-refractivity contribution is 0.262. The van der Waals surface area contributed by atoms with Gasteiger partial charge in [-0.1, -0.05) is 54.2 Å². The third kappa shape index (κ3) is 4.63. The minimum Gasteiger partial charge on any atom is -0.307 e. The number of carbonyl (C=O) groups is 1. The molecule has 9 heteroatoms. The molecule has 0 saturated carbocycles. The number of thiazole rings is 1. The number of anilines is 2. The molecule has 0 atom stereocenters. The van der Waals surface area contributed by atoms with Crippen molar-refractivity contribution in [3.63, 3.8) is 0 Å². The summed E-state index contributed by atoms with van der Waals surface area (Å²) in [5.74, 6) is 0. The standard InChI is InChI=1S/C22H24N4O3S2/c1-3-16-6-4-5-7-18(16)23-21(27)25-22-24-19-12-13-26(14-20(19)30-22)31(28,29)17-10-8-15(2)9-11-17/h4-11H,3,12-14H2,1-2H3,(H2,23,24,25,27). The van der Waals surface area contributed by atoms with E-state index in [0.29, 0.717) is 23.0 Å². The Balaban J connectivity index is 1.46. The summed E-state index contributed by atoms with van der Waals surface area (Å²) in [7, 11) is -3.57. The molecule has 0 saturated heterocycles. The van der Waals surface area contributed by atoms with Crippen molar-refractivity contribution in [1.29, 1.82) is 0 Å². The second-order valence-corrected chi connectivity index (χ2v) is 10.4. The number of rotatable bonds is 5. The molecule has 2 aromatic carbocycles. The highest BCUT2D eigenvalue weighted by Gasteiger charge is 2.30. The molecule has 4 rings (SSSR count). The topological polar surface area (TPSA) is 91.4 Å². The molecule has 162 valence electrons. The summed E-state index contributed by atoms with van der Waals surface area (Å²) >= 11 is 1.31. The maximum absolute atomic E-state index is 13.0. The number of para-hydroxylation sites is 1. The molecule has 2 N–H and O–H groups in total. The summed E-state index contributed by atoms with van der Waals surface area (Å²) in [6.07, 6.45) is 1.33. The van der Waals surface area contributed by atoms with Crippen molar-refractivity contribution < 1.29 is 13.2 Å². The molecule has 2 heterocycles. The van der Waals surface area contributed by atoms with Gasteiger partial charge in [-0.05, 0) is 37.1 Å². The van der Waals surface area contributed by atoms with Gasteiger partial charge in [0.15, 0.2) is 5.13 Å². The van der Waals surface area contributed by atoms with Crippen LogP contribution in [-0.4, -0.2) is 30.3 Å². The van der Waals surface area contributed by atoms with E-state index in [9.17, 15) is 13.2 Å². The maximum atomic E-state index is 13.0. The van der Waals surface area contributed by atoms with E-state index in [1.807, 2.05) is 38.1 Å². The van der Waals surface area contributed by atoms with Crippen LogP contribution < -0.4 is 10.6 Å². The largest absolute Gasteiger partial charge is 0.325 e. The van der Waals surface area contributed by atoms with Crippen LogP contribution in [-0.2, 0) is 29.4 Å². The number of urea groups is 1. The zero-order valence-corrected chi connectivity index (χ0v) is 19.0. The molecule has 0 aliphatic carbocycles. The highest BCUT2D eigenvalue weighted by Crippen LogP contribution is 2.31. The molecule has 2 amide bonds. The quantitative estimate of drug-likeness (QED) is 0.595. The Hall–Kier alpha value is -2.75. The van der Waals surface area contributed by atoms with E-state index < -0.39 is 10.0 Å². The van der Waals surface area contributed by atoms with Gasteiger partial charge in [0, 0.05) is 23.5 Å². The third-order valence-electron chi connectivity index (χ3n) is 5.22. The van der Waals surface area contributed by atoms with Gasteiger partial charge in [0.25, 0.3) is 0 Å². The molecule has 31 heavy (non-hydrogen) atoms. The molecule has 0 radical (unpaired) electrons. The summed E-state index contributed by atoms with van der Waals surface area (Å²) < 4.78 is 27.4. The van der Waals surface area contributed by atoms with E-state index in [4.69, 9.17) is 0 Å². The molecule has 7 nitrogen and oxygen atoms in total. The van der Waals surface area contributed by atoms with Crippen LogP contribution in [0.4, 0.5) is 15.6 Å². The Labute approximate surface area is 186 Å². The SMILES string of the molecule is CCc1ccccc1NC(=O)Nc1nc2c(s1)CN(S(=O)(=O)c1ccc(C)cc1)CC2. The summed E-state index contributed by atoms with van der Waals surface area (Å²) in [5.41, 5.74) is 3.66. The molecule has 1 aliphatic heterocycles. The van der Waals surface area contributed by atoms with Gasteiger partial charge < -0.3 is 5.32 Å². The van der Waals surface area contributed by atoms with Gasteiger partial charge in [-0.15, -0.1) is 0 Å². The number of nitrogens with one attached hydrogen (secondary N) is 2. The molecule has 0 bridgehead atoms. The number of sulfonamides is 1. The fourth-order valence-corrected chi connectivity index (χ4v) is 6.00. The molecular weight excluding hydrogens is 432 g/mol. The molecule has 3 aromatic rings. The van der Waals surface area contributed by atoms with Gasteiger partial charge in [0.2, 0.25) is 10.0 Å². The van der Waals surface area contributed by atoms with E-state index in [1.54, 1.807) is 24.3 Å². The number of hydrogen-bond donors (Lipinski definition) is 2. The minimum absolute atomic E-state index is 0.255. The first kappa shape index (κ1) is 21.5. The minimum atomic E-state index is -3.57. The van der Waals surface area contributed by atoms with Gasteiger partial charge in [-0.25, -0.2) is 18.2 Å². The van der Waals surface area contributed by atoms with Crippen LogP contribution in [0.1, 0.15) is 28.6 Å². The second kappa shape index (κ2) is 8.78. The van der Waals surface area contributed by atoms with Crippen LogP contribution in [0.5, 0.6) is 0 Å². The average Bonchev–Trinajstić information content (AvgIpc) is 3.15. The van der Waals surface area contributed by atoms with Crippen molar-refractivity contribution in [3.8, 4) is 0 Å². The van der Waals surface area contributed by atoms with Crippen LogP contribution in [0.15, 0.2) is 53.4 Å². The predicted molar refractivity (Wildman–Crippen MR) is 123 cm³/mol. The Morgan fingerprint density at radius 2 is 1.87 bits per heavy atom. The lowest BCUT2D eigenvalue weighted by Gasteiger charge is -2.25. The van der Waals surface area contributed by atoms with Gasteiger partial charge in [0.1, 0.15) is 0 Å². The summed E-state index contributed by atoms with van der Waals surface area (Å²) in [6, 6.07) is 14.2. The third-order valence-corrected chi connectivity index (χ3v) is 8.08. The highest BCUT2D eigenvalue weighted by molar-refractivity contribution is 7.89.